The molecular formula is C28H34N2O5. The predicted octanol–water partition coefficient (Wildman–Crippen LogP) is 4.84. The molecule has 0 heterocycles. The molecule has 0 aromatic heterocycles. The first-order valence-electron chi connectivity index (χ1n) is 12.6. The van der Waals surface area contributed by atoms with Gasteiger partial charge in [-0.25, -0.2) is 4.79 Å². The van der Waals surface area contributed by atoms with Crippen molar-refractivity contribution in [3.05, 3.63) is 59.7 Å². The van der Waals surface area contributed by atoms with Crippen molar-refractivity contribution >= 4 is 18.0 Å². The largest absolute Gasteiger partial charge is 0.481 e. The van der Waals surface area contributed by atoms with E-state index < -0.39 is 18.1 Å². The molecule has 0 saturated heterocycles. The number of carbonyl (C=O) groups excluding carboxylic acids is 2. The van der Waals surface area contributed by atoms with E-state index in [1.54, 1.807) is 0 Å². The number of nitrogens with one attached hydrogen (secondary N) is 2. The van der Waals surface area contributed by atoms with E-state index >= 15 is 0 Å². The maximum absolute atomic E-state index is 13.0. The quantitative estimate of drug-likeness (QED) is 0.471. The summed E-state index contributed by atoms with van der Waals surface area (Å²) in [5.74, 6) is -1.11. The maximum atomic E-state index is 13.0. The minimum atomic E-state index is -1.01. The number of carboxylic acids is 1. The second-order valence-corrected chi connectivity index (χ2v) is 9.69. The number of aliphatic carboxylic acids is 1. The molecule has 2 aliphatic rings. The summed E-state index contributed by atoms with van der Waals surface area (Å²) < 4.78 is 5.58. The lowest BCUT2D eigenvalue weighted by atomic mass is 9.96. The molecule has 2 aromatic rings. The van der Waals surface area contributed by atoms with Crippen LogP contribution in [-0.4, -0.2) is 41.8 Å². The highest BCUT2D eigenvalue weighted by atomic mass is 16.5. The smallest absolute Gasteiger partial charge is 0.407 e. The van der Waals surface area contributed by atoms with Crippen LogP contribution in [0.4, 0.5) is 4.79 Å². The van der Waals surface area contributed by atoms with Crippen LogP contribution in [-0.2, 0) is 14.3 Å². The molecule has 0 bridgehead atoms. The number of amides is 2. The molecule has 7 nitrogen and oxygen atoms in total. The van der Waals surface area contributed by atoms with Gasteiger partial charge in [0.2, 0.25) is 5.91 Å². The van der Waals surface area contributed by atoms with Gasteiger partial charge in [-0.1, -0.05) is 74.7 Å². The third-order valence-electron chi connectivity index (χ3n) is 7.29. The number of benzene rings is 2. The van der Waals surface area contributed by atoms with Crippen molar-refractivity contribution in [2.45, 2.75) is 69.9 Å². The van der Waals surface area contributed by atoms with E-state index in [0.717, 1.165) is 54.4 Å². The predicted molar refractivity (Wildman–Crippen MR) is 133 cm³/mol. The van der Waals surface area contributed by atoms with Gasteiger partial charge in [0.15, 0.2) is 0 Å². The first kappa shape index (κ1) is 24.8. The Balaban J connectivity index is 1.40. The molecule has 35 heavy (non-hydrogen) atoms. The number of carboxylic acid groups (broad SMARTS) is 1. The highest BCUT2D eigenvalue weighted by Gasteiger charge is 2.31. The number of rotatable bonds is 8. The van der Waals surface area contributed by atoms with Crippen molar-refractivity contribution in [3.63, 3.8) is 0 Å². The second-order valence-electron chi connectivity index (χ2n) is 9.69. The summed E-state index contributed by atoms with van der Waals surface area (Å²) in [5.41, 5.74) is 4.47. The number of fused-ring (bicyclic) bond motifs is 3. The van der Waals surface area contributed by atoms with Crippen LogP contribution < -0.4 is 10.6 Å². The highest BCUT2D eigenvalue weighted by Crippen LogP contribution is 2.44. The number of hydrogen-bond acceptors (Lipinski definition) is 4. The number of alkyl carbamates (subject to hydrolysis) is 1. The van der Waals surface area contributed by atoms with E-state index in [0.29, 0.717) is 5.92 Å². The van der Waals surface area contributed by atoms with Gasteiger partial charge < -0.3 is 20.5 Å². The Morgan fingerprint density at radius 1 is 0.971 bits per heavy atom. The van der Waals surface area contributed by atoms with Crippen molar-refractivity contribution in [2.75, 3.05) is 6.61 Å². The SMILES string of the molecule is CC1CCCCCC1NC(=O)C(CCC(=O)O)NC(=O)OCC1c2ccccc2-c2ccccc21. The molecule has 2 aromatic carbocycles. The van der Waals surface area contributed by atoms with Gasteiger partial charge in [-0.3, -0.25) is 9.59 Å². The van der Waals surface area contributed by atoms with Crippen LogP contribution in [0.3, 0.4) is 0 Å². The van der Waals surface area contributed by atoms with Crippen molar-refractivity contribution in [1.82, 2.24) is 10.6 Å². The fourth-order valence-electron chi connectivity index (χ4n) is 5.31. The number of ether oxygens (including phenoxy) is 1. The van der Waals surface area contributed by atoms with Gasteiger partial charge in [0.25, 0.3) is 0 Å². The Morgan fingerprint density at radius 3 is 2.26 bits per heavy atom. The molecule has 4 rings (SSSR count). The zero-order chi connectivity index (χ0) is 24.8. The van der Waals surface area contributed by atoms with Crippen LogP contribution in [0.1, 0.15) is 68.9 Å². The maximum Gasteiger partial charge on any atom is 0.407 e. The van der Waals surface area contributed by atoms with E-state index in [4.69, 9.17) is 9.84 Å². The Morgan fingerprint density at radius 2 is 1.60 bits per heavy atom. The monoisotopic (exact) mass is 478 g/mol. The van der Waals surface area contributed by atoms with Crippen LogP contribution >= 0.6 is 0 Å². The third kappa shape index (κ3) is 6.02. The fourth-order valence-corrected chi connectivity index (χ4v) is 5.31. The molecule has 0 radical (unpaired) electrons. The van der Waals surface area contributed by atoms with E-state index in [1.807, 2.05) is 36.4 Å². The molecule has 186 valence electrons. The molecular weight excluding hydrogens is 444 g/mol. The normalized spacial score (nSPS) is 20.1. The van der Waals surface area contributed by atoms with Gasteiger partial charge in [0, 0.05) is 18.4 Å². The third-order valence-corrected chi connectivity index (χ3v) is 7.29. The van der Waals surface area contributed by atoms with Crippen LogP contribution in [0.5, 0.6) is 0 Å². The minimum Gasteiger partial charge on any atom is -0.481 e. The van der Waals surface area contributed by atoms with Crippen LogP contribution in [0.2, 0.25) is 0 Å². The Bertz CT molecular complexity index is 1020. The van der Waals surface area contributed by atoms with E-state index in [1.165, 1.54) is 0 Å². The molecule has 7 heteroatoms. The average Bonchev–Trinajstić information content (AvgIpc) is 3.03. The molecule has 1 fully saturated rings. The Labute approximate surface area is 206 Å². The first-order valence-corrected chi connectivity index (χ1v) is 12.6. The van der Waals surface area contributed by atoms with Gasteiger partial charge in [-0.2, -0.15) is 0 Å². The van der Waals surface area contributed by atoms with Gasteiger partial charge >= 0.3 is 12.1 Å². The molecule has 3 unspecified atom stereocenters. The van der Waals surface area contributed by atoms with Crippen molar-refractivity contribution in [1.29, 1.82) is 0 Å². The summed E-state index contributed by atoms with van der Waals surface area (Å²) in [7, 11) is 0. The van der Waals surface area contributed by atoms with E-state index in [2.05, 4.69) is 29.7 Å². The average molecular weight is 479 g/mol. The van der Waals surface area contributed by atoms with Crippen LogP contribution in [0, 0.1) is 5.92 Å². The lowest BCUT2D eigenvalue weighted by Crippen LogP contribution is -2.51. The summed E-state index contributed by atoms with van der Waals surface area (Å²) in [6, 6.07) is 15.2. The molecule has 2 aliphatic carbocycles. The summed E-state index contributed by atoms with van der Waals surface area (Å²) >= 11 is 0. The van der Waals surface area contributed by atoms with Gasteiger partial charge in [0.05, 0.1) is 0 Å². The standard InChI is InChI=1S/C28H34N2O5/c1-18-9-3-2-4-14-24(18)29-27(33)25(15-16-26(31)32)30-28(34)35-17-23-21-12-7-5-10-19(21)20-11-6-8-13-22(20)23/h5-8,10-13,18,23-25H,2-4,9,14-17H2,1H3,(H,29,33)(H,30,34)(H,31,32). The van der Waals surface area contributed by atoms with Crippen molar-refractivity contribution < 1.29 is 24.2 Å². The number of carbonyl (C=O) groups is 3. The number of hydrogen-bond donors (Lipinski definition) is 3. The summed E-state index contributed by atoms with van der Waals surface area (Å²) in [4.78, 5) is 36.9. The first-order chi connectivity index (χ1) is 16.9. The van der Waals surface area contributed by atoms with E-state index in [9.17, 15) is 14.4 Å². The summed E-state index contributed by atoms with van der Waals surface area (Å²) in [5, 5.41) is 14.8. The molecule has 3 atom stereocenters. The van der Waals surface area contributed by atoms with Crippen molar-refractivity contribution in [3.8, 4) is 11.1 Å². The molecule has 0 spiro atoms. The fraction of sp³-hybridized carbons (Fsp3) is 0.464. The Hall–Kier alpha value is -3.35. The molecule has 1 saturated carbocycles. The lowest BCUT2D eigenvalue weighted by Gasteiger charge is -2.26. The molecule has 3 N–H and O–H groups in total. The molecule has 2 amide bonds. The minimum absolute atomic E-state index is 0.00641. The van der Waals surface area contributed by atoms with Gasteiger partial charge in [-0.05, 0) is 47.4 Å². The zero-order valence-electron chi connectivity index (χ0n) is 20.2. The topological polar surface area (TPSA) is 105 Å². The Kier molecular flexibility index (Phi) is 8.06. The van der Waals surface area contributed by atoms with Crippen molar-refractivity contribution in [2.24, 2.45) is 5.92 Å². The summed E-state index contributed by atoms with van der Waals surface area (Å²) in [6.45, 7) is 2.26. The lowest BCUT2D eigenvalue weighted by molar-refractivity contribution is -0.137. The highest BCUT2D eigenvalue weighted by molar-refractivity contribution is 5.86. The van der Waals surface area contributed by atoms with Crippen LogP contribution in [0.25, 0.3) is 11.1 Å². The van der Waals surface area contributed by atoms with Crippen LogP contribution in [0.15, 0.2) is 48.5 Å². The molecule has 0 aliphatic heterocycles. The van der Waals surface area contributed by atoms with E-state index in [-0.39, 0.29) is 37.3 Å². The second kappa shape index (κ2) is 11.4. The zero-order valence-corrected chi connectivity index (χ0v) is 20.2. The summed E-state index contributed by atoms with van der Waals surface area (Å²) in [6.07, 6.45) is 4.36. The van der Waals surface area contributed by atoms with Gasteiger partial charge in [-0.15, -0.1) is 0 Å². The van der Waals surface area contributed by atoms with Gasteiger partial charge in [0.1, 0.15) is 12.6 Å².